The third kappa shape index (κ3) is 5.50. The average molecular weight is 492 g/mol. The molecule has 0 spiro atoms. The molecule has 0 saturated carbocycles. The maximum atomic E-state index is 13.2. The van der Waals surface area contributed by atoms with E-state index in [1.165, 1.54) is 31.0 Å². The second-order valence-electron chi connectivity index (χ2n) is 9.14. The number of carbonyl (C=O) groups is 2. The Morgan fingerprint density at radius 2 is 1.83 bits per heavy atom. The molecule has 2 amide bonds. The number of aromatic nitrogens is 2. The van der Waals surface area contributed by atoms with Crippen molar-refractivity contribution < 1.29 is 9.59 Å². The van der Waals surface area contributed by atoms with Gasteiger partial charge in [-0.1, -0.05) is 25.8 Å². The van der Waals surface area contributed by atoms with Gasteiger partial charge in [0.2, 0.25) is 5.91 Å². The number of nitrogens with zero attached hydrogens (tertiary/aromatic N) is 2. The first-order valence-corrected chi connectivity index (χ1v) is 12.6. The lowest BCUT2D eigenvalue weighted by molar-refractivity contribution is -0.118. The fourth-order valence-electron chi connectivity index (χ4n) is 4.59. The summed E-state index contributed by atoms with van der Waals surface area (Å²) in [4.78, 5) is 55.9. The van der Waals surface area contributed by atoms with Gasteiger partial charge in [-0.15, -0.1) is 0 Å². The van der Waals surface area contributed by atoms with E-state index in [1.54, 1.807) is 6.92 Å². The summed E-state index contributed by atoms with van der Waals surface area (Å²) in [6.07, 6.45) is 4.47. The van der Waals surface area contributed by atoms with E-state index < -0.39 is 23.2 Å². The molecule has 1 unspecified atom stereocenters. The number of nitrogens with one attached hydrogen (secondary N) is 3. The van der Waals surface area contributed by atoms with Gasteiger partial charge in [0.1, 0.15) is 6.04 Å². The molecular formula is C27H33N5O4. The normalized spacial score (nSPS) is 14.1. The van der Waals surface area contributed by atoms with Crippen molar-refractivity contribution in [1.82, 2.24) is 14.9 Å². The molecule has 1 aliphatic rings. The Hall–Kier alpha value is -3.88. The van der Waals surface area contributed by atoms with Crippen molar-refractivity contribution in [2.75, 3.05) is 23.3 Å². The lowest BCUT2D eigenvalue weighted by atomic mass is 10.1. The van der Waals surface area contributed by atoms with Gasteiger partial charge >= 0.3 is 5.69 Å². The van der Waals surface area contributed by atoms with Gasteiger partial charge in [-0.05, 0) is 62.6 Å². The minimum Gasteiger partial charge on any atom is -0.371 e. The molecule has 1 fully saturated rings. The maximum Gasteiger partial charge on any atom is 0.328 e. The van der Waals surface area contributed by atoms with Crippen LogP contribution in [0.5, 0.6) is 0 Å². The van der Waals surface area contributed by atoms with Crippen LogP contribution in [0, 0.1) is 0 Å². The fourth-order valence-corrected chi connectivity index (χ4v) is 4.59. The predicted octanol–water partition coefficient (Wildman–Crippen LogP) is 3.24. The number of aromatic amines is 1. The van der Waals surface area contributed by atoms with E-state index in [2.05, 4.69) is 20.5 Å². The zero-order valence-electron chi connectivity index (χ0n) is 20.8. The number of carbonyl (C=O) groups excluding carboxylic acids is 2. The molecule has 9 nitrogen and oxygen atoms in total. The summed E-state index contributed by atoms with van der Waals surface area (Å²) >= 11 is 0. The highest BCUT2D eigenvalue weighted by molar-refractivity contribution is 6.02. The molecule has 0 aliphatic carbocycles. The summed E-state index contributed by atoms with van der Waals surface area (Å²) in [7, 11) is 0. The molecule has 4 rings (SSSR count). The zero-order chi connectivity index (χ0) is 25.7. The molecule has 2 heterocycles. The molecule has 2 aromatic carbocycles. The smallest absolute Gasteiger partial charge is 0.328 e. The van der Waals surface area contributed by atoms with Crippen LogP contribution in [0.1, 0.15) is 56.3 Å². The van der Waals surface area contributed by atoms with Crippen molar-refractivity contribution in [3.63, 3.8) is 0 Å². The molecule has 0 bridgehead atoms. The molecule has 1 saturated heterocycles. The predicted molar refractivity (Wildman–Crippen MR) is 142 cm³/mol. The van der Waals surface area contributed by atoms with Gasteiger partial charge in [-0.25, -0.2) is 4.79 Å². The van der Waals surface area contributed by atoms with Crippen LogP contribution in [-0.2, 0) is 11.3 Å². The highest BCUT2D eigenvalue weighted by Crippen LogP contribution is 2.23. The second-order valence-corrected chi connectivity index (χ2v) is 9.14. The number of unbranched alkanes of at least 4 members (excludes halogenated alkanes) is 1. The Bertz CT molecular complexity index is 1370. The Labute approximate surface area is 209 Å². The minimum absolute atomic E-state index is 0.251. The number of anilines is 2. The van der Waals surface area contributed by atoms with Gasteiger partial charge in [0.05, 0.1) is 10.9 Å². The van der Waals surface area contributed by atoms with Crippen LogP contribution in [0.4, 0.5) is 11.4 Å². The van der Waals surface area contributed by atoms with Crippen molar-refractivity contribution >= 4 is 34.1 Å². The van der Waals surface area contributed by atoms with E-state index in [1.807, 2.05) is 31.2 Å². The molecule has 1 atom stereocenters. The summed E-state index contributed by atoms with van der Waals surface area (Å²) < 4.78 is 1.10. The van der Waals surface area contributed by atoms with Crippen molar-refractivity contribution in [2.45, 2.75) is 58.5 Å². The standard InChI is InChI=1S/C27H33N5O4/c1-3-5-11-22(25(34)28-19-9-8-10-20(17-19)31-14-6-7-15-31)29-24(33)18-12-13-21-23(16-18)30-27(36)32(4-2)26(21)35/h8-10,12-13,16-17,22H,3-7,11,14-15H2,1-2H3,(H,28,34)(H,29,33)(H,30,36). The van der Waals surface area contributed by atoms with Crippen LogP contribution in [0.15, 0.2) is 52.1 Å². The first-order chi connectivity index (χ1) is 17.4. The topological polar surface area (TPSA) is 116 Å². The molecule has 0 radical (unpaired) electrons. The monoisotopic (exact) mass is 491 g/mol. The zero-order valence-corrected chi connectivity index (χ0v) is 20.8. The summed E-state index contributed by atoms with van der Waals surface area (Å²) in [6, 6.07) is 11.6. The van der Waals surface area contributed by atoms with Crippen molar-refractivity contribution in [2.24, 2.45) is 0 Å². The highest BCUT2D eigenvalue weighted by atomic mass is 16.2. The van der Waals surface area contributed by atoms with Gasteiger partial charge in [-0.3, -0.25) is 19.0 Å². The maximum absolute atomic E-state index is 13.2. The van der Waals surface area contributed by atoms with E-state index >= 15 is 0 Å². The Balaban J connectivity index is 1.52. The number of fused-ring (bicyclic) bond motifs is 1. The molecule has 190 valence electrons. The number of H-pyrrole nitrogens is 1. The fraction of sp³-hybridized carbons (Fsp3) is 0.407. The molecule has 1 aromatic heterocycles. The quantitative estimate of drug-likeness (QED) is 0.425. The molecule has 9 heteroatoms. The van der Waals surface area contributed by atoms with Gasteiger partial charge < -0.3 is 20.5 Å². The minimum atomic E-state index is -0.726. The van der Waals surface area contributed by atoms with Gasteiger partial charge in [0.15, 0.2) is 0 Å². The Morgan fingerprint density at radius 3 is 2.56 bits per heavy atom. The van der Waals surface area contributed by atoms with E-state index in [0.717, 1.165) is 36.2 Å². The number of hydrogen-bond acceptors (Lipinski definition) is 5. The van der Waals surface area contributed by atoms with Crippen LogP contribution in [0.3, 0.4) is 0 Å². The van der Waals surface area contributed by atoms with Crippen molar-refractivity contribution in [1.29, 1.82) is 0 Å². The molecular weight excluding hydrogens is 458 g/mol. The van der Waals surface area contributed by atoms with Crippen molar-refractivity contribution in [3.05, 3.63) is 68.9 Å². The SMILES string of the molecule is CCCCC(NC(=O)c1ccc2c(=O)n(CC)c(=O)[nH]c2c1)C(=O)Nc1cccc(N2CCCC2)c1. The summed E-state index contributed by atoms with van der Waals surface area (Å²) in [5.74, 6) is -0.727. The van der Waals surface area contributed by atoms with E-state index in [0.29, 0.717) is 17.5 Å². The van der Waals surface area contributed by atoms with Crippen LogP contribution in [0.2, 0.25) is 0 Å². The molecule has 3 N–H and O–H groups in total. The van der Waals surface area contributed by atoms with E-state index in [4.69, 9.17) is 0 Å². The van der Waals surface area contributed by atoms with Gasteiger partial charge in [0, 0.05) is 36.6 Å². The number of hydrogen-bond donors (Lipinski definition) is 3. The van der Waals surface area contributed by atoms with Crippen LogP contribution >= 0.6 is 0 Å². The molecule has 36 heavy (non-hydrogen) atoms. The van der Waals surface area contributed by atoms with Gasteiger partial charge in [-0.2, -0.15) is 0 Å². The number of rotatable bonds is 9. The summed E-state index contributed by atoms with van der Waals surface area (Å²) in [5.41, 5.74) is 1.39. The first kappa shape index (κ1) is 25.2. The van der Waals surface area contributed by atoms with Crippen LogP contribution in [-0.4, -0.2) is 40.5 Å². The summed E-state index contributed by atoms with van der Waals surface area (Å²) in [5, 5.41) is 6.12. The van der Waals surface area contributed by atoms with E-state index in [9.17, 15) is 19.2 Å². The third-order valence-electron chi connectivity index (χ3n) is 6.61. The van der Waals surface area contributed by atoms with Crippen LogP contribution in [0.25, 0.3) is 10.9 Å². The Morgan fingerprint density at radius 1 is 1.06 bits per heavy atom. The number of benzene rings is 2. The largest absolute Gasteiger partial charge is 0.371 e. The Kier molecular flexibility index (Phi) is 7.87. The van der Waals surface area contributed by atoms with Gasteiger partial charge in [0.25, 0.3) is 11.5 Å². The van der Waals surface area contributed by atoms with E-state index in [-0.39, 0.29) is 23.5 Å². The lowest BCUT2D eigenvalue weighted by Gasteiger charge is -2.21. The second kappa shape index (κ2) is 11.2. The molecule has 3 aromatic rings. The number of amides is 2. The third-order valence-corrected chi connectivity index (χ3v) is 6.61. The van der Waals surface area contributed by atoms with Crippen LogP contribution < -0.4 is 26.8 Å². The lowest BCUT2D eigenvalue weighted by Crippen LogP contribution is -2.43. The van der Waals surface area contributed by atoms with Crippen molar-refractivity contribution in [3.8, 4) is 0 Å². The molecule has 1 aliphatic heterocycles. The first-order valence-electron chi connectivity index (χ1n) is 12.6. The average Bonchev–Trinajstić information content (AvgIpc) is 3.41. The summed E-state index contributed by atoms with van der Waals surface area (Å²) in [6.45, 7) is 6.01. The highest BCUT2D eigenvalue weighted by Gasteiger charge is 2.22.